The van der Waals surface area contributed by atoms with Gasteiger partial charge in [-0.05, 0) is 54.9 Å². The van der Waals surface area contributed by atoms with E-state index in [4.69, 9.17) is 4.74 Å². The van der Waals surface area contributed by atoms with E-state index < -0.39 is 0 Å². The van der Waals surface area contributed by atoms with Gasteiger partial charge in [-0.15, -0.1) is 0 Å². The van der Waals surface area contributed by atoms with Crippen LogP contribution in [0.3, 0.4) is 0 Å². The van der Waals surface area contributed by atoms with Gasteiger partial charge < -0.3 is 4.74 Å². The number of hydrogen-bond acceptors (Lipinski definition) is 2. The number of hydrogen-bond donors (Lipinski definition) is 0. The first-order chi connectivity index (χ1) is 13.1. The highest BCUT2D eigenvalue weighted by atomic mass is 31.1. The Hall–Kier alpha value is -2.44. The van der Waals surface area contributed by atoms with Crippen molar-refractivity contribution < 1.29 is 4.74 Å². The van der Waals surface area contributed by atoms with Gasteiger partial charge in [0, 0.05) is 24.1 Å². The van der Waals surface area contributed by atoms with Gasteiger partial charge in [-0.25, -0.2) is 0 Å². The summed E-state index contributed by atoms with van der Waals surface area (Å²) in [5, 5.41) is 2.54. The quantitative estimate of drug-likeness (QED) is 0.445. The fraction of sp³-hybridized carbons (Fsp3) is 0.208. The molecule has 3 aromatic carbocycles. The Bertz CT molecular complexity index is 948. The van der Waals surface area contributed by atoms with Gasteiger partial charge in [0.25, 0.3) is 0 Å². The van der Waals surface area contributed by atoms with E-state index in [9.17, 15) is 0 Å². The van der Waals surface area contributed by atoms with Crippen molar-refractivity contribution in [2.75, 3.05) is 7.05 Å². The summed E-state index contributed by atoms with van der Waals surface area (Å²) in [6.07, 6.45) is 1.95. The Kier molecular flexibility index (Phi) is 6.42. The van der Waals surface area contributed by atoms with Gasteiger partial charge in [0.2, 0.25) is 0 Å². The highest BCUT2D eigenvalue weighted by molar-refractivity contribution is 7.56. The molecule has 0 amide bonds. The van der Waals surface area contributed by atoms with Gasteiger partial charge in [-0.2, -0.15) is 0 Å². The first-order valence-corrected chi connectivity index (χ1v) is 10.1. The van der Waals surface area contributed by atoms with E-state index in [1.54, 1.807) is 0 Å². The zero-order valence-corrected chi connectivity index (χ0v) is 17.4. The average Bonchev–Trinajstić information content (AvgIpc) is 2.64. The normalized spacial score (nSPS) is 11.6. The standard InChI is InChI=1S/C24H26NOP/c1-17-10-11-22(21(13-17)15-25-4)27-23-14-18(2)12-19(3)24(23)26-16-20-8-6-5-7-9-20/h5-15,27H,16H2,1-4H3. The molecule has 3 aromatic rings. The summed E-state index contributed by atoms with van der Waals surface area (Å²) in [6.45, 7) is 6.97. The SMILES string of the molecule is CN=Cc1cc(C)ccc1Pc1cc(C)cc(C)c1OCc1ccccc1. The van der Waals surface area contributed by atoms with Crippen LogP contribution in [0.5, 0.6) is 5.75 Å². The molecule has 0 aliphatic rings. The summed E-state index contributed by atoms with van der Waals surface area (Å²) < 4.78 is 6.28. The summed E-state index contributed by atoms with van der Waals surface area (Å²) in [5.74, 6) is 1.00. The lowest BCUT2D eigenvalue weighted by molar-refractivity contribution is 0.307. The third-order valence-corrected chi connectivity index (χ3v) is 5.75. The fourth-order valence-electron chi connectivity index (χ4n) is 3.16. The topological polar surface area (TPSA) is 21.6 Å². The van der Waals surface area contributed by atoms with Gasteiger partial charge in [0.05, 0.1) is 0 Å². The second-order valence-corrected chi connectivity index (χ2v) is 8.16. The molecule has 1 unspecified atom stereocenters. The predicted octanol–water partition coefficient (Wildman–Crippen LogP) is 4.87. The van der Waals surface area contributed by atoms with E-state index in [-0.39, 0.29) is 0 Å². The van der Waals surface area contributed by atoms with E-state index in [2.05, 4.69) is 68.2 Å². The molecule has 2 nitrogen and oxygen atoms in total. The van der Waals surface area contributed by atoms with Crippen molar-refractivity contribution in [3.8, 4) is 5.75 Å². The Balaban J connectivity index is 1.93. The third kappa shape index (κ3) is 5.05. The number of aryl methyl sites for hydroxylation is 3. The van der Waals surface area contributed by atoms with E-state index >= 15 is 0 Å². The number of ether oxygens (including phenoxy) is 1. The molecule has 1 atom stereocenters. The molecule has 0 radical (unpaired) electrons. The molecule has 0 aromatic heterocycles. The predicted molar refractivity (Wildman–Crippen MR) is 119 cm³/mol. The summed E-state index contributed by atoms with van der Waals surface area (Å²) in [5.41, 5.74) is 6.07. The summed E-state index contributed by atoms with van der Waals surface area (Å²) in [4.78, 5) is 4.23. The lowest BCUT2D eigenvalue weighted by Crippen LogP contribution is -2.14. The largest absolute Gasteiger partial charge is 0.488 e. The van der Waals surface area contributed by atoms with Crippen molar-refractivity contribution in [1.82, 2.24) is 0 Å². The van der Waals surface area contributed by atoms with Gasteiger partial charge in [0.1, 0.15) is 12.4 Å². The molecule has 3 rings (SSSR count). The van der Waals surface area contributed by atoms with Crippen LogP contribution >= 0.6 is 8.58 Å². The fourth-order valence-corrected chi connectivity index (χ4v) is 4.58. The Morgan fingerprint density at radius 3 is 2.41 bits per heavy atom. The molecular weight excluding hydrogens is 349 g/mol. The summed E-state index contributed by atoms with van der Waals surface area (Å²) >= 11 is 0. The molecule has 0 aliphatic heterocycles. The lowest BCUT2D eigenvalue weighted by Gasteiger charge is -2.17. The van der Waals surface area contributed by atoms with Crippen LogP contribution in [0.4, 0.5) is 0 Å². The molecule has 0 saturated carbocycles. The van der Waals surface area contributed by atoms with Crippen molar-refractivity contribution in [1.29, 1.82) is 0 Å². The van der Waals surface area contributed by atoms with E-state index in [0.29, 0.717) is 15.2 Å². The second-order valence-electron chi connectivity index (χ2n) is 6.84. The minimum atomic E-state index is 0.525. The van der Waals surface area contributed by atoms with Crippen molar-refractivity contribution in [2.24, 2.45) is 4.99 Å². The minimum absolute atomic E-state index is 0.525. The minimum Gasteiger partial charge on any atom is -0.488 e. The van der Waals surface area contributed by atoms with Crippen molar-refractivity contribution in [2.45, 2.75) is 27.4 Å². The van der Waals surface area contributed by atoms with Crippen LogP contribution < -0.4 is 15.3 Å². The van der Waals surface area contributed by atoms with Crippen LogP contribution in [-0.4, -0.2) is 13.3 Å². The molecule has 27 heavy (non-hydrogen) atoms. The van der Waals surface area contributed by atoms with Gasteiger partial charge >= 0.3 is 0 Å². The lowest BCUT2D eigenvalue weighted by atomic mass is 10.1. The molecule has 0 aliphatic carbocycles. The van der Waals surface area contributed by atoms with Crippen molar-refractivity contribution in [3.05, 3.63) is 88.5 Å². The molecule has 0 bridgehead atoms. The Morgan fingerprint density at radius 2 is 1.67 bits per heavy atom. The molecule has 0 fully saturated rings. The maximum absolute atomic E-state index is 6.28. The van der Waals surface area contributed by atoms with Gasteiger partial charge in [0.15, 0.2) is 0 Å². The molecular formula is C24H26NOP. The molecule has 3 heteroatoms. The maximum atomic E-state index is 6.28. The van der Waals surface area contributed by atoms with Gasteiger partial charge in [-0.3, -0.25) is 4.99 Å². The van der Waals surface area contributed by atoms with Gasteiger partial charge in [-0.1, -0.05) is 62.7 Å². The molecule has 0 heterocycles. The first-order valence-electron chi connectivity index (χ1n) is 9.14. The van der Waals surface area contributed by atoms with Crippen LogP contribution in [0.1, 0.15) is 27.8 Å². The highest BCUT2D eigenvalue weighted by Crippen LogP contribution is 2.26. The van der Waals surface area contributed by atoms with E-state index in [1.807, 2.05) is 31.5 Å². The second kappa shape index (κ2) is 8.97. The number of nitrogens with zero attached hydrogens (tertiary/aromatic N) is 1. The van der Waals surface area contributed by atoms with Crippen molar-refractivity contribution >= 4 is 25.4 Å². The van der Waals surface area contributed by atoms with Crippen molar-refractivity contribution in [3.63, 3.8) is 0 Å². The van der Waals surface area contributed by atoms with Crippen LogP contribution in [0.2, 0.25) is 0 Å². The van der Waals surface area contributed by atoms with Crippen LogP contribution in [-0.2, 0) is 6.61 Å². The monoisotopic (exact) mass is 375 g/mol. The van der Waals surface area contributed by atoms with Crippen LogP contribution in [0.25, 0.3) is 0 Å². The van der Waals surface area contributed by atoms with E-state index in [0.717, 1.165) is 5.75 Å². The van der Waals surface area contributed by atoms with Crippen LogP contribution in [0, 0.1) is 20.8 Å². The highest BCUT2D eigenvalue weighted by Gasteiger charge is 2.12. The summed E-state index contributed by atoms with van der Waals surface area (Å²) in [7, 11) is 2.34. The molecule has 0 spiro atoms. The van der Waals surface area contributed by atoms with Crippen LogP contribution in [0.15, 0.2) is 65.7 Å². The molecule has 138 valence electrons. The first kappa shape index (κ1) is 19.3. The zero-order valence-electron chi connectivity index (χ0n) is 16.4. The number of aliphatic imine (C=N–C) groups is 1. The summed E-state index contributed by atoms with van der Waals surface area (Å²) in [6, 6.07) is 21.3. The van der Waals surface area contributed by atoms with E-state index in [1.165, 1.54) is 38.4 Å². The molecule has 0 N–H and O–H groups in total. The average molecular weight is 375 g/mol. The number of rotatable bonds is 6. The zero-order chi connectivity index (χ0) is 19.2. The Labute approximate surface area is 164 Å². The maximum Gasteiger partial charge on any atom is 0.130 e. The third-order valence-electron chi connectivity index (χ3n) is 4.39. The Morgan fingerprint density at radius 1 is 0.889 bits per heavy atom. The number of benzene rings is 3. The molecule has 0 saturated heterocycles. The smallest absolute Gasteiger partial charge is 0.130 e.